The van der Waals surface area contributed by atoms with Crippen LogP contribution in [0, 0.1) is 13.8 Å². The Bertz CT molecular complexity index is 1440. The van der Waals surface area contributed by atoms with E-state index in [1.165, 1.54) is 9.13 Å². The topological polar surface area (TPSA) is 93.9 Å². The Labute approximate surface area is 184 Å². The van der Waals surface area contributed by atoms with Gasteiger partial charge in [-0.15, -0.1) is 0 Å². The van der Waals surface area contributed by atoms with E-state index in [1.807, 2.05) is 37.5 Å². The molecular formula is C22H27N5O5. The van der Waals surface area contributed by atoms with Gasteiger partial charge in [0.25, 0.3) is 5.56 Å². The monoisotopic (exact) mass is 441 g/mol. The van der Waals surface area contributed by atoms with Gasteiger partial charge in [0.15, 0.2) is 11.2 Å². The molecule has 3 aromatic heterocycles. The summed E-state index contributed by atoms with van der Waals surface area (Å²) in [6.07, 6.45) is 0. The van der Waals surface area contributed by atoms with Crippen molar-refractivity contribution in [1.29, 1.82) is 0 Å². The predicted octanol–water partition coefficient (Wildman–Crippen LogP) is 1.81. The van der Waals surface area contributed by atoms with Gasteiger partial charge in [-0.3, -0.25) is 22.9 Å². The molecule has 1 aromatic carbocycles. The van der Waals surface area contributed by atoms with Gasteiger partial charge < -0.3 is 14.2 Å². The van der Waals surface area contributed by atoms with E-state index >= 15 is 0 Å². The molecular weight excluding hydrogens is 414 g/mol. The molecule has 0 aliphatic carbocycles. The largest absolute Gasteiger partial charge is 0.497 e. The lowest BCUT2D eigenvalue weighted by Crippen LogP contribution is -2.40. The number of aromatic nitrogens is 5. The number of imidazole rings is 2. The summed E-state index contributed by atoms with van der Waals surface area (Å²) < 4.78 is 22.6. The maximum atomic E-state index is 13.4. The van der Waals surface area contributed by atoms with Crippen molar-refractivity contribution >= 4 is 16.9 Å². The third-order valence-electron chi connectivity index (χ3n) is 5.81. The van der Waals surface area contributed by atoms with Gasteiger partial charge in [0.05, 0.1) is 33.1 Å². The SMILES string of the molecule is CCOCCn1c(=O)c2c(nc3n(-c4ccc(OC)cc4OC)c(C)c(C)n23)n(C)c1=O. The minimum Gasteiger partial charge on any atom is -0.497 e. The highest BCUT2D eigenvalue weighted by molar-refractivity contribution is 5.77. The fraction of sp³-hybridized carbons (Fsp3) is 0.409. The van der Waals surface area contributed by atoms with Crippen LogP contribution in [0.3, 0.4) is 0 Å². The molecule has 0 aliphatic heterocycles. The number of ether oxygens (including phenoxy) is 3. The van der Waals surface area contributed by atoms with Crippen LogP contribution in [0.15, 0.2) is 27.8 Å². The number of hydrogen-bond donors (Lipinski definition) is 0. The molecule has 0 fully saturated rings. The van der Waals surface area contributed by atoms with Gasteiger partial charge in [-0.1, -0.05) is 0 Å². The smallest absolute Gasteiger partial charge is 0.332 e. The lowest BCUT2D eigenvalue weighted by atomic mass is 10.2. The maximum absolute atomic E-state index is 13.4. The van der Waals surface area contributed by atoms with E-state index in [0.717, 1.165) is 17.1 Å². The van der Waals surface area contributed by atoms with Crippen LogP contribution < -0.4 is 20.7 Å². The molecule has 10 nitrogen and oxygen atoms in total. The Balaban J connectivity index is 2.07. The van der Waals surface area contributed by atoms with Crippen molar-refractivity contribution in [2.45, 2.75) is 27.3 Å². The van der Waals surface area contributed by atoms with E-state index in [2.05, 4.69) is 0 Å². The normalized spacial score (nSPS) is 11.6. The molecule has 170 valence electrons. The van der Waals surface area contributed by atoms with Crippen molar-refractivity contribution in [3.05, 3.63) is 50.4 Å². The van der Waals surface area contributed by atoms with Crippen LogP contribution in [0.4, 0.5) is 0 Å². The summed E-state index contributed by atoms with van der Waals surface area (Å²) >= 11 is 0. The van der Waals surface area contributed by atoms with Crippen LogP contribution >= 0.6 is 0 Å². The number of benzene rings is 1. The Morgan fingerprint density at radius 2 is 1.81 bits per heavy atom. The number of rotatable bonds is 7. The zero-order valence-electron chi connectivity index (χ0n) is 19.1. The Kier molecular flexibility index (Phi) is 5.55. The Morgan fingerprint density at radius 1 is 1.06 bits per heavy atom. The van der Waals surface area contributed by atoms with E-state index in [1.54, 1.807) is 31.7 Å². The van der Waals surface area contributed by atoms with Gasteiger partial charge in [-0.25, -0.2) is 4.79 Å². The fourth-order valence-electron chi connectivity index (χ4n) is 4.01. The second kappa shape index (κ2) is 8.19. The minimum absolute atomic E-state index is 0.174. The lowest BCUT2D eigenvalue weighted by Gasteiger charge is -2.13. The molecule has 10 heteroatoms. The van der Waals surface area contributed by atoms with E-state index in [0.29, 0.717) is 35.0 Å². The molecule has 0 spiro atoms. The number of methoxy groups -OCH3 is 2. The third-order valence-corrected chi connectivity index (χ3v) is 5.81. The Hall–Kier alpha value is -3.53. The molecule has 0 radical (unpaired) electrons. The number of fused-ring (bicyclic) bond motifs is 3. The van der Waals surface area contributed by atoms with Crippen molar-refractivity contribution in [2.24, 2.45) is 7.05 Å². The molecule has 0 saturated carbocycles. The molecule has 32 heavy (non-hydrogen) atoms. The van der Waals surface area contributed by atoms with Crippen LogP contribution in [0.25, 0.3) is 22.6 Å². The van der Waals surface area contributed by atoms with Gasteiger partial charge in [0.2, 0.25) is 5.78 Å². The van der Waals surface area contributed by atoms with Gasteiger partial charge in [-0.05, 0) is 32.9 Å². The van der Waals surface area contributed by atoms with E-state index in [4.69, 9.17) is 19.2 Å². The molecule has 0 atom stereocenters. The van der Waals surface area contributed by atoms with Crippen molar-refractivity contribution in [3.63, 3.8) is 0 Å². The number of aryl methyl sites for hydroxylation is 2. The molecule has 3 heterocycles. The molecule has 4 aromatic rings. The summed E-state index contributed by atoms with van der Waals surface area (Å²) in [6, 6.07) is 5.50. The highest BCUT2D eigenvalue weighted by Gasteiger charge is 2.24. The van der Waals surface area contributed by atoms with Crippen molar-refractivity contribution in [2.75, 3.05) is 27.4 Å². The van der Waals surface area contributed by atoms with Gasteiger partial charge in [0.1, 0.15) is 11.5 Å². The van der Waals surface area contributed by atoms with Crippen LogP contribution in [0.5, 0.6) is 11.5 Å². The average Bonchev–Trinajstić information content (AvgIpc) is 3.29. The van der Waals surface area contributed by atoms with Crippen LogP contribution in [-0.4, -0.2) is 50.5 Å². The van der Waals surface area contributed by atoms with E-state index in [-0.39, 0.29) is 13.2 Å². The maximum Gasteiger partial charge on any atom is 0.332 e. The highest BCUT2D eigenvalue weighted by Crippen LogP contribution is 2.32. The molecule has 0 saturated heterocycles. The summed E-state index contributed by atoms with van der Waals surface area (Å²) in [6.45, 7) is 6.71. The molecule has 0 aliphatic rings. The van der Waals surface area contributed by atoms with Crippen molar-refractivity contribution in [3.8, 4) is 17.2 Å². The summed E-state index contributed by atoms with van der Waals surface area (Å²) in [4.78, 5) is 30.9. The quantitative estimate of drug-likeness (QED) is 0.406. The first-order valence-corrected chi connectivity index (χ1v) is 10.4. The second-order valence-electron chi connectivity index (χ2n) is 7.46. The average molecular weight is 441 g/mol. The first-order chi connectivity index (χ1) is 15.3. The standard InChI is InChI=1S/C22H27N5O5/c1-7-32-11-10-25-20(28)18-19(24(4)22(25)29)23-21-26(13(2)14(3)27(18)21)16-9-8-15(30-5)12-17(16)31-6/h8-9,12H,7,10-11H2,1-6H3. The third kappa shape index (κ3) is 3.10. The summed E-state index contributed by atoms with van der Waals surface area (Å²) in [5.74, 6) is 1.78. The van der Waals surface area contributed by atoms with Crippen LogP contribution in [0.2, 0.25) is 0 Å². The molecule has 4 rings (SSSR count). The first-order valence-electron chi connectivity index (χ1n) is 10.4. The number of hydrogen-bond acceptors (Lipinski definition) is 6. The Morgan fingerprint density at radius 3 is 2.47 bits per heavy atom. The summed E-state index contributed by atoms with van der Waals surface area (Å²) in [5, 5.41) is 0. The highest BCUT2D eigenvalue weighted by atomic mass is 16.5. The van der Waals surface area contributed by atoms with Crippen LogP contribution in [0.1, 0.15) is 18.3 Å². The summed E-state index contributed by atoms with van der Waals surface area (Å²) in [5.41, 5.74) is 2.35. The zero-order chi connectivity index (χ0) is 23.2. The predicted molar refractivity (Wildman–Crippen MR) is 121 cm³/mol. The lowest BCUT2D eigenvalue weighted by molar-refractivity contribution is 0.137. The number of nitrogens with zero attached hydrogens (tertiary/aromatic N) is 5. The second-order valence-corrected chi connectivity index (χ2v) is 7.46. The van der Waals surface area contributed by atoms with E-state index in [9.17, 15) is 9.59 Å². The van der Waals surface area contributed by atoms with E-state index < -0.39 is 11.2 Å². The van der Waals surface area contributed by atoms with Crippen molar-refractivity contribution in [1.82, 2.24) is 23.1 Å². The molecule has 0 amide bonds. The van der Waals surface area contributed by atoms with Gasteiger partial charge in [-0.2, -0.15) is 4.98 Å². The molecule has 0 bridgehead atoms. The first kappa shape index (κ1) is 21.7. The molecule has 0 N–H and O–H groups in total. The van der Waals surface area contributed by atoms with Gasteiger partial charge >= 0.3 is 5.69 Å². The fourth-order valence-corrected chi connectivity index (χ4v) is 4.01. The van der Waals surface area contributed by atoms with Crippen LogP contribution in [-0.2, 0) is 18.3 Å². The van der Waals surface area contributed by atoms with Crippen molar-refractivity contribution < 1.29 is 14.2 Å². The van der Waals surface area contributed by atoms with Gasteiger partial charge in [0, 0.05) is 31.1 Å². The molecule has 0 unspecified atom stereocenters. The minimum atomic E-state index is -0.425. The summed E-state index contributed by atoms with van der Waals surface area (Å²) in [7, 11) is 4.80. The zero-order valence-corrected chi connectivity index (χ0v) is 19.1.